The molecular formula is C30H34. The van der Waals surface area contributed by atoms with Crippen molar-refractivity contribution in [3.8, 4) is 0 Å². The van der Waals surface area contributed by atoms with E-state index in [9.17, 15) is 0 Å². The van der Waals surface area contributed by atoms with E-state index in [4.69, 9.17) is 0 Å². The minimum Gasteiger partial charge on any atom is -0.0985 e. The van der Waals surface area contributed by atoms with E-state index in [2.05, 4.69) is 87.2 Å². The van der Waals surface area contributed by atoms with E-state index < -0.39 is 0 Å². The van der Waals surface area contributed by atoms with Crippen LogP contribution in [-0.2, 0) is 25.7 Å². The van der Waals surface area contributed by atoms with Crippen molar-refractivity contribution in [1.82, 2.24) is 0 Å². The molecule has 4 rings (SSSR count). The molecule has 0 nitrogen and oxygen atoms in total. The Kier molecular flexibility index (Phi) is 6.53. The Morgan fingerprint density at radius 3 is 1.93 bits per heavy atom. The van der Waals surface area contributed by atoms with Crippen LogP contribution in [0, 0.1) is 0 Å². The summed E-state index contributed by atoms with van der Waals surface area (Å²) < 4.78 is 0. The van der Waals surface area contributed by atoms with Crippen LogP contribution in [0.15, 0.2) is 73.3 Å². The predicted octanol–water partition coefficient (Wildman–Crippen LogP) is 7.90. The molecule has 1 aliphatic rings. The van der Waals surface area contributed by atoms with Crippen molar-refractivity contribution in [3.63, 3.8) is 0 Å². The minimum absolute atomic E-state index is 0.610. The first kappa shape index (κ1) is 20.7. The van der Waals surface area contributed by atoms with Crippen molar-refractivity contribution in [1.29, 1.82) is 0 Å². The minimum atomic E-state index is 0.610. The molecule has 0 aliphatic heterocycles. The SMILES string of the molecule is C=Cc1ccc(CCc2ccc(C(CC)CC(C)c3ccc4c(c3)CC4)cc2)cc1. The predicted molar refractivity (Wildman–Crippen MR) is 130 cm³/mol. The zero-order valence-corrected chi connectivity index (χ0v) is 18.5. The highest BCUT2D eigenvalue weighted by molar-refractivity contribution is 5.47. The number of rotatable bonds is 9. The lowest BCUT2D eigenvalue weighted by molar-refractivity contribution is 0.543. The van der Waals surface area contributed by atoms with Gasteiger partial charge in [0.2, 0.25) is 0 Å². The van der Waals surface area contributed by atoms with Crippen molar-refractivity contribution in [2.45, 2.75) is 64.2 Å². The van der Waals surface area contributed by atoms with Crippen molar-refractivity contribution in [3.05, 3.63) is 112 Å². The molecule has 0 heteroatoms. The van der Waals surface area contributed by atoms with Gasteiger partial charge in [-0.3, -0.25) is 0 Å². The van der Waals surface area contributed by atoms with Crippen molar-refractivity contribution in [2.75, 3.05) is 0 Å². The molecular weight excluding hydrogens is 360 g/mol. The first-order chi connectivity index (χ1) is 14.7. The third kappa shape index (κ3) is 4.75. The Balaban J connectivity index is 1.36. The maximum Gasteiger partial charge on any atom is -0.0159 e. The fourth-order valence-electron chi connectivity index (χ4n) is 4.69. The Morgan fingerprint density at radius 2 is 1.40 bits per heavy atom. The third-order valence-corrected chi connectivity index (χ3v) is 6.96. The molecule has 0 fully saturated rings. The summed E-state index contributed by atoms with van der Waals surface area (Å²) >= 11 is 0. The molecule has 0 aromatic heterocycles. The number of fused-ring (bicyclic) bond motifs is 1. The molecule has 0 saturated heterocycles. The first-order valence-corrected chi connectivity index (χ1v) is 11.6. The van der Waals surface area contributed by atoms with Crippen molar-refractivity contribution >= 4 is 6.08 Å². The van der Waals surface area contributed by atoms with E-state index in [1.807, 2.05) is 6.08 Å². The third-order valence-electron chi connectivity index (χ3n) is 6.96. The van der Waals surface area contributed by atoms with Crippen LogP contribution >= 0.6 is 0 Å². The summed E-state index contributed by atoms with van der Waals surface area (Å²) in [6.07, 6.45) is 9.05. The highest BCUT2D eigenvalue weighted by Crippen LogP contribution is 2.34. The summed E-state index contributed by atoms with van der Waals surface area (Å²) in [7, 11) is 0. The molecule has 1 aliphatic carbocycles. The Labute approximate surface area is 182 Å². The molecule has 3 aromatic carbocycles. The summed E-state index contributed by atoms with van der Waals surface area (Å²) in [4.78, 5) is 0. The monoisotopic (exact) mass is 394 g/mol. The summed E-state index contributed by atoms with van der Waals surface area (Å²) in [5, 5.41) is 0. The molecule has 2 unspecified atom stereocenters. The number of hydrogen-bond donors (Lipinski definition) is 0. The van der Waals surface area contributed by atoms with Crippen LogP contribution in [0.1, 0.15) is 77.5 Å². The summed E-state index contributed by atoms with van der Waals surface area (Å²) in [6, 6.07) is 25.3. The van der Waals surface area contributed by atoms with Crippen LogP contribution < -0.4 is 0 Å². The Hall–Kier alpha value is -2.60. The van der Waals surface area contributed by atoms with Crippen LogP contribution in [0.3, 0.4) is 0 Å². The highest BCUT2D eigenvalue weighted by Gasteiger charge is 2.18. The van der Waals surface area contributed by atoms with Gasteiger partial charge >= 0.3 is 0 Å². The van der Waals surface area contributed by atoms with E-state index in [1.165, 1.54) is 53.5 Å². The molecule has 3 aromatic rings. The van der Waals surface area contributed by atoms with Gasteiger partial charge in [0.05, 0.1) is 0 Å². The number of hydrogen-bond acceptors (Lipinski definition) is 0. The van der Waals surface area contributed by atoms with E-state index in [0.29, 0.717) is 11.8 Å². The van der Waals surface area contributed by atoms with Crippen LogP contribution in [0.4, 0.5) is 0 Å². The Bertz CT molecular complexity index is 976. The second-order valence-corrected chi connectivity index (χ2v) is 8.96. The molecule has 154 valence electrons. The average Bonchev–Trinajstić information content (AvgIpc) is 2.77. The van der Waals surface area contributed by atoms with Gasteiger partial charge in [-0.15, -0.1) is 0 Å². The molecule has 30 heavy (non-hydrogen) atoms. The van der Waals surface area contributed by atoms with Gasteiger partial charge in [0.25, 0.3) is 0 Å². The zero-order chi connectivity index (χ0) is 20.9. The van der Waals surface area contributed by atoms with E-state index in [-0.39, 0.29) is 0 Å². The normalized spacial score (nSPS) is 14.5. The molecule has 0 spiro atoms. The molecule has 0 N–H and O–H groups in total. The lowest BCUT2D eigenvalue weighted by Gasteiger charge is -2.24. The maximum atomic E-state index is 3.83. The van der Waals surface area contributed by atoms with Gasteiger partial charge in [-0.05, 0) is 89.3 Å². The van der Waals surface area contributed by atoms with Gasteiger partial charge in [0, 0.05) is 0 Å². The van der Waals surface area contributed by atoms with Crippen LogP contribution in [0.25, 0.3) is 6.08 Å². The van der Waals surface area contributed by atoms with E-state index >= 15 is 0 Å². The standard InChI is InChI=1S/C30H34/c1-4-23-6-8-24(9-7-23)10-11-25-12-14-27(15-13-25)26(5-2)20-22(3)29-18-16-28-17-19-30(28)21-29/h4,6-9,12-16,18,21-22,26H,1,5,10-11,17,19-20H2,2-3H3. The first-order valence-electron chi connectivity index (χ1n) is 11.6. The topological polar surface area (TPSA) is 0 Å². The van der Waals surface area contributed by atoms with Crippen molar-refractivity contribution < 1.29 is 0 Å². The summed E-state index contributed by atoms with van der Waals surface area (Å²) in [5.74, 6) is 1.24. The second-order valence-electron chi connectivity index (χ2n) is 8.96. The van der Waals surface area contributed by atoms with Crippen LogP contribution in [0.5, 0.6) is 0 Å². The summed E-state index contributed by atoms with van der Waals surface area (Å²) in [5.41, 5.74) is 10.2. The largest absolute Gasteiger partial charge is 0.0985 e. The highest BCUT2D eigenvalue weighted by atomic mass is 14.2. The van der Waals surface area contributed by atoms with E-state index in [0.717, 1.165) is 12.8 Å². The smallest absolute Gasteiger partial charge is 0.0159 e. The fourth-order valence-corrected chi connectivity index (χ4v) is 4.69. The maximum absolute atomic E-state index is 3.83. The van der Waals surface area contributed by atoms with Gasteiger partial charge in [0.15, 0.2) is 0 Å². The number of aryl methyl sites for hydroxylation is 4. The van der Waals surface area contributed by atoms with Crippen molar-refractivity contribution in [2.24, 2.45) is 0 Å². The van der Waals surface area contributed by atoms with Gasteiger partial charge in [0.1, 0.15) is 0 Å². The molecule has 2 atom stereocenters. The lowest BCUT2D eigenvalue weighted by atomic mass is 9.81. The van der Waals surface area contributed by atoms with Gasteiger partial charge in [-0.1, -0.05) is 93.2 Å². The second kappa shape index (κ2) is 9.47. The molecule has 0 bridgehead atoms. The van der Waals surface area contributed by atoms with Crippen LogP contribution in [0.2, 0.25) is 0 Å². The van der Waals surface area contributed by atoms with Crippen LogP contribution in [-0.4, -0.2) is 0 Å². The zero-order valence-electron chi connectivity index (χ0n) is 18.5. The molecule has 0 radical (unpaired) electrons. The molecule has 0 heterocycles. The van der Waals surface area contributed by atoms with E-state index in [1.54, 1.807) is 11.1 Å². The average molecular weight is 395 g/mol. The Morgan fingerprint density at radius 1 is 0.800 bits per heavy atom. The van der Waals surface area contributed by atoms with Gasteiger partial charge in [-0.25, -0.2) is 0 Å². The quantitative estimate of drug-likeness (QED) is 0.346. The molecule has 0 saturated carbocycles. The number of benzene rings is 3. The lowest BCUT2D eigenvalue weighted by Crippen LogP contribution is -2.10. The van der Waals surface area contributed by atoms with Gasteiger partial charge < -0.3 is 0 Å². The fraction of sp³-hybridized carbons (Fsp3) is 0.333. The van der Waals surface area contributed by atoms with Gasteiger partial charge in [-0.2, -0.15) is 0 Å². The summed E-state index contributed by atoms with van der Waals surface area (Å²) in [6.45, 7) is 8.56. The molecule has 0 amide bonds.